The number of aryl methyl sites for hydroxylation is 1. The van der Waals surface area contributed by atoms with Gasteiger partial charge in [0.05, 0.1) is 5.01 Å². The second kappa shape index (κ2) is 5.54. The summed E-state index contributed by atoms with van der Waals surface area (Å²) in [6.07, 6.45) is 0.551. The van der Waals surface area contributed by atoms with E-state index in [1.165, 1.54) is 17.4 Å². The maximum Gasteiger partial charge on any atom is 0.128 e. The minimum absolute atomic E-state index is 0.272. The van der Waals surface area contributed by atoms with Crippen molar-refractivity contribution >= 4 is 11.3 Å². The van der Waals surface area contributed by atoms with Gasteiger partial charge in [0, 0.05) is 29.1 Å². The summed E-state index contributed by atoms with van der Waals surface area (Å²) in [6.45, 7) is 1.91. The van der Waals surface area contributed by atoms with Gasteiger partial charge in [-0.2, -0.15) is 0 Å². The van der Waals surface area contributed by atoms with Crippen LogP contribution >= 0.6 is 11.3 Å². The summed E-state index contributed by atoms with van der Waals surface area (Å²) < 4.78 is 26.9. The van der Waals surface area contributed by atoms with Crippen molar-refractivity contribution < 1.29 is 8.78 Å². The lowest BCUT2D eigenvalue weighted by molar-refractivity contribution is 0.522. The minimum Gasteiger partial charge on any atom is -0.313 e. The molecule has 1 atom stereocenters. The Labute approximate surface area is 109 Å². The molecule has 1 aromatic heterocycles. The minimum atomic E-state index is -0.429. The topological polar surface area (TPSA) is 24.9 Å². The normalized spacial score (nSPS) is 12.7. The number of rotatable bonds is 4. The van der Waals surface area contributed by atoms with Gasteiger partial charge >= 0.3 is 0 Å². The average Bonchev–Trinajstić information content (AvgIpc) is 2.75. The van der Waals surface area contributed by atoms with Crippen LogP contribution in [-0.4, -0.2) is 12.0 Å². The molecule has 5 heteroatoms. The molecule has 2 rings (SSSR count). The molecule has 0 bridgehead atoms. The predicted molar refractivity (Wildman–Crippen MR) is 68.7 cm³/mol. The maximum atomic E-state index is 13.7. The average molecular weight is 268 g/mol. The van der Waals surface area contributed by atoms with Gasteiger partial charge in [-0.3, -0.25) is 0 Å². The molecule has 0 aliphatic rings. The number of nitrogens with zero attached hydrogens (tertiary/aromatic N) is 1. The van der Waals surface area contributed by atoms with Gasteiger partial charge in [0.2, 0.25) is 0 Å². The molecule has 0 spiro atoms. The number of hydrogen-bond donors (Lipinski definition) is 1. The van der Waals surface area contributed by atoms with Gasteiger partial charge in [0.1, 0.15) is 11.6 Å². The molecule has 2 aromatic rings. The molecule has 1 N–H and O–H groups in total. The Hall–Kier alpha value is -1.33. The van der Waals surface area contributed by atoms with Gasteiger partial charge < -0.3 is 5.32 Å². The number of aromatic nitrogens is 1. The fourth-order valence-electron chi connectivity index (χ4n) is 1.82. The molecule has 1 unspecified atom stereocenters. The number of benzene rings is 1. The summed E-state index contributed by atoms with van der Waals surface area (Å²) >= 11 is 1.53. The van der Waals surface area contributed by atoms with Crippen LogP contribution in [0.1, 0.15) is 22.3 Å². The zero-order valence-electron chi connectivity index (χ0n) is 10.2. The number of likely N-dealkylation sites (N-methyl/N-ethyl adjacent to an activating group) is 1. The molecule has 0 amide bonds. The molecule has 0 aliphatic carbocycles. The third-order valence-corrected chi connectivity index (χ3v) is 3.72. The fourth-order valence-corrected chi connectivity index (χ4v) is 2.64. The number of thiazole rings is 1. The smallest absolute Gasteiger partial charge is 0.128 e. The summed E-state index contributed by atoms with van der Waals surface area (Å²) in [5.74, 6) is -0.828. The number of halogens is 2. The zero-order valence-corrected chi connectivity index (χ0v) is 11.0. The Balaban J connectivity index is 2.25. The standard InChI is InChI=1S/C13H14F2N2S/c1-8-7-18-13(17-8)6-12(16-2)10-5-9(14)3-4-11(10)15/h3-5,7,12,16H,6H2,1-2H3. The van der Waals surface area contributed by atoms with E-state index in [9.17, 15) is 8.78 Å². The van der Waals surface area contributed by atoms with Crippen LogP contribution in [0.3, 0.4) is 0 Å². The summed E-state index contributed by atoms with van der Waals surface area (Å²) in [5.41, 5.74) is 1.29. The quantitative estimate of drug-likeness (QED) is 0.921. The first-order valence-electron chi connectivity index (χ1n) is 5.63. The number of nitrogens with one attached hydrogen (secondary N) is 1. The Morgan fingerprint density at radius 2 is 2.17 bits per heavy atom. The highest BCUT2D eigenvalue weighted by Gasteiger charge is 2.17. The van der Waals surface area contributed by atoms with Crippen molar-refractivity contribution in [2.24, 2.45) is 0 Å². The van der Waals surface area contributed by atoms with Crippen molar-refractivity contribution in [3.8, 4) is 0 Å². The molecular weight excluding hydrogens is 254 g/mol. The van der Waals surface area contributed by atoms with Crippen LogP contribution in [0.15, 0.2) is 23.6 Å². The Morgan fingerprint density at radius 3 is 2.78 bits per heavy atom. The second-order valence-electron chi connectivity index (χ2n) is 4.09. The molecule has 0 radical (unpaired) electrons. The van der Waals surface area contributed by atoms with Gasteiger partial charge in [0.15, 0.2) is 0 Å². The zero-order chi connectivity index (χ0) is 13.1. The molecule has 0 saturated carbocycles. The summed E-state index contributed by atoms with van der Waals surface area (Å²) in [7, 11) is 1.73. The molecule has 18 heavy (non-hydrogen) atoms. The van der Waals surface area contributed by atoms with E-state index in [0.717, 1.165) is 22.8 Å². The molecule has 0 aliphatic heterocycles. The third kappa shape index (κ3) is 2.91. The first-order chi connectivity index (χ1) is 8.60. The fraction of sp³-hybridized carbons (Fsp3) is 0.308. The molecule has 96 valence electrons. The van der Waals surface area contributed by atoms with Crippen LogP contribution < -0.4 is 5.32 Å². The van der Waals surface area contributed by atoms with Crippen molar-refractivity contribution in [1.29, 1.82) is 0 Å². The second-order valence-corrected chi connectivity index (χ2v) is 5.04. The van der Waals surface area contributed by atoms with Crippen molar-refractivity contribution in [3.63, 3.8) is 0 Å². The van der Waals surface area contributed by atoms with Crippen LogP contribution in [0, 0.1) is 18.6 Å². The van der Waals surface area contributed by atoms with E-state index in [0.29, 0.717) is 12.0 Å². The summed E-state index contributed by atoms with van der Waals surface area (Å²) in [5, 5.41) is 5.87. The lowest BCUT2D eigenvalue weighted by atomic mass is 10.0. The monoisotopic (exact) mass is 268 g/mol. The summed E-state index contributed by atoms with van der Waals surface area (Å²) in [4.78, 5) is 4.34. The van der Waals surface area contributed by atoms with Crippen molar-refractivity contribution in [2.45, 2.75) is 19.4 Å². The predicted octanol–water partition coefficient (Wildman–Crippen LogP) is 3.23. The van der Waals surface area contributed by atoms with Crippen LogP contribution in [0.4, 0.5) is 8.78 Å². The highest BCUT2D eigenvalue weighted by molar-refractivity contribution is 7.09. The van der Waals surface area contributed by atoms with E-state index in [2.05, 4.69) is 10.3 Å². The Bertz CT molecular complexity index is 540. The van der Waals surface area contributed by atoms with E-state index in [1.807, 2.05) is 12.3 Å². The number of hydrogen-bond acceptors (Lipinski definition) is 3. The highest BCUT2D eigenvalue weighted by Crippen LogP contribution is 2.23. The van der Waals surface area contributed by atoms with Crippen molar-refractivity contribution in [3.05, 3.63) is 51.5 Å². The van der Waals surface area contributed by atoms with Gasteiger partial charge in [-0.15, -0.1) is 11.3 Å². The molecule has 0 fully saturated rings. The van der Waals surface area contributed by atoms with Gasteiger partial charge in [-0.05, 0) is 32.2 Å². The first kappa shape index (κ1) is 13.1. The molecular formula is C13H14F2N2S. The molecule has 1 heterocycles. The molecule has 2 nitrogen and oxygen atoms in total. The maximum absolute atomic E-state index is 13.7. The van der Waals surface area contributed by atoms with Crippen LogP contribution in [0.5, 0.6) is 0 Å². The first-order valence-corrected chi connectivity index (χ1v) is 6.51. The van der Waals surface area contributed by atoms with E-state index in [1.54, 1.807) is 7.05 Å². The van der Waals surface area contributed by atoms with E-state index >= 15 is 0 Å². The van der Waals surface area contributed by atoms with Gasteiger partial charge in [0.25, 0.3) is 0 Å². The van der Waals surface area contributed by atoms with E-state index in [4.69, 9.17) is 0 Å². The van der Waals surface area contributed by atoms with E-state index < -0.39 is 11.6 Å². The lowest BCUT2D eigenvalue weighted by Crippen LogP contribution is -2.20. The summed E-state index contributed by atoms with van der Waals surface area (Å²) in [6, 6.07) is 3.24. The molecule has 0 saturated heterocycles. The van der Waals surface area contributed by atoms with Crippen LogP contribution in [0.25, 0.3) is 0 Å². The van der Waals surface area contributed by atoms with Crippen LogP contribution in [-0.2, 0) is 6.42 Å². The SMILES string of the molecule is CNC(Cc1nc(C)cs1)c1cc(F)ccc1F. The lowest BCUT2D eigenvalue weighted by Gasteiger charge is -2.16. The van der Waals surface area contributed by atoms with Crippen molar-refractivity contribution in [1.82, 2.24) is 10.3 Å². The van der Waals surface area contributed by atoms with E-state index in [-0.39, 0.29) is 6.04 Å². The third-order valence-electron chi connectivity index (χ3n) is 2.73. The highest BCUT2D eigenvalue weighted by atomic mass is 32.1. The molecule has 1 aromatic carbocycles. The van der Waals surface area contributed by atoms with Gasteiger partial charge in [-0.25, -0.2) is 13.8 Å². The largest absolute Gasteiger partial charge is 0.313 e. The van der Waals surface area contributed by atoms with Crippen molar-refractivity contribution in [2.75, 3.05) is 7.05 Å². The Kier molecular flexibility index (Phi) is 4.04. The van der Waals surface area contributed by atoms with Crippen LogP contribution in [0.2, 0.25) is 0 Å². The van der Waals surface area contributed by atoms with Gasteiger partial charge in [-0.1, -0.05) is 0 Å². The Morgan fingerprint density at radius 1 is 1.39 bits per heavy atom.